The fourth-order valence-corrected chi connectivity index (χ4v) is 1.38. The van der Waals surface area contributed by atoms with Gasteiger partial charge >= 0.3 is 0 Å². The summed E-state index contributed by atoms with van der Waals surface area (Å²) in [4.78, 5) is 2.15. The van der Waals surface area contributed by atoms with Crippen LogP contribution in [0.2, 0.25) is 0 Å². The lowest BCUT2D eigenvalue weighted by Crippen LogP contribution is -2.30. The molecule has 1 fully saturated rings. The number of likely N-dealkylation sites (tertiary alicyclic amines) is 1. The molecule has 0 bridgehead atoms. The predicted octanol–water partition coefficient (Wildman–Crippen LogP) is 0.619. The van der Waals surface area contributed by atoms with Crippen molar-refractivity contribution in [3.8, 4) is 6.07 Å². The van der Waals surface area contributed by atoms with E-state index in [1.807, 2.05) is 6.92 Å². The first kappa shape index (κ1) is 8.51. The van der Waals surface area contributed by atoms with Crippen molar-refractivity contribution in [2.24, 2.45) is 0 Å². The molecule has 2 unspecified atom stereocenters. The summed E-state index contributed by atoms with van der Waals surface area (Å²) in [5.41, 5.74) is 0. The molecule has 3 nitrogen and oxygen atoms in total. The maximum absolute atomic E-state index is 8.62. The Hall–Kier alpha value is -0.590. The van der Waals surface area contributed by atoms with Gasteiger partial charge in [-0.25, -0.2) is 0 Å². The predicted molar refractivity (Wildman–Crippen MR) is 42.1 cm³/mol. The van der Waals surface area contributed by atoms with Crippen molar-refractivity contribution >= 4 is 0 Å². The van der Waals surface area contributed by atoms with E-state index in [1.54, 1.807) is 7.11 Å². The van der Waals surface area contributed by atoms with E-state index >= 15 is 0 Å². The average molecular weight is 154 g/mol. The van der Waals surface area contributed by atoms with Crippen molar-refractivity contribution in [3.05, 3.63) is 0 Å². The van der Waals surface area contributed by atoms with Gasteiger partial charge < -0.3 is 4.74 Å². The third-order valence-corrected chi connectivity index (χ3v) is 2.24. The summed E-state index contributed by atoms with van der Waals surface area (Å²) in [5, 5.41) is 8.62. The fourth-order valence-electron chi connectivity index (χ4n) is 1.38. The lowest BCUT2D eigenvalue weighted by molar-refractivity contribution is 0.106. The molecule has 1 saturated heterocycles. The number of nitriles is 1. The summed E-state index contributed by atoms with van der Waals surface area (Å²) in [6, 6.07) is 2.26. The number of hydrogen-bond acceptors (Lipinski definition) is 3. The molecule has 0 saturated carbocycles. The van der Waals surface area contributed by atoms with Crippen LogP contribution in [0.3, 0.4) is 0 Å². The van der Waals surface area contributed by atoms with Crippen molar-refractivity contribution in [2.75, 3.05) is 20.2 Å². The molecule has 0 aliphatic carbocycles. The smallest absolute Gasteiger partial charge is 0.0950 e. The lowest BCUT2D eigenvalue weighted by atomic mass is 10.3. The standard InChI is InChI=1S/C8H14N2O/c1-7(5-9)10-4-3-8(6-10)11-2/h7-8H,3-4,6H2,1-2H3. The van der Waals surface area contributed by atoms with Gasteiger partial charge in [0.15, 0.2) is 0 Å². The number of methoxy groups -OCH3 is 1. The summed E-state index contributed by atoms with van der Waals surface area (Å²) < 4.78 is 5.18. The summed E-state index contributed by atoms with van der Waals surface area (Å²) in [6.45, 7) is 3.83. The highest BCUT2D eigenvalue weighted by Crippen LogP contribution is 2.13. The summed E-state index contributed by atoms with van der Waals surface area (Å²) in [5.74, 6) is 0. The zero-order valence-electron chi connectivity index (χ0n) is 7.08. The molecule has 1 heterocycles. The SMILES string of the molecule is COC1CCN(C(C)C#N)C1. The second-order valence-corrected chi connectivity index (χ2v) is 2.95. The first-order valence-electron chi connectivity index (χ1n) is 3.94. The summed E-state index contributed by atoms with van der Waals surface area (Å²) in [6.07, 6.45) is 1.40. The third-order valence-electron chi connectivity index (χ3n) is 2.24. The van der Waals surface area contributed by atoms with Crippen LogP contribution in [0.5, 0.6) is 0 Å². The molecule has 0 aromatic heterocycles. The molecular formula is C8H14N2O. The van der Waals surface area contributed by atoms with Crippen LogP contribution < -0.4 is 0 Å². The molecule has 0 N–H and O–H groups in total. The third kappa shape index (κ3) is 1.92. The van der Waals surface area contributed by atoms with E-state index in [4.69, 9.17) is 10.00 Å². The highest BCUT2D eigenvalue weighted by molar-refractivity contribution is 4.91. The quantitative estimate of drug-likeness (QED) is 0.585. The van der Waals surface area contributed by atoms with E-state index < -0.39 is 0 Å². The van der Waals surface area contributed by atoms with Crippen LogP contribution in [0.15, 0.2) is 0 Å². The largest absolute Gasteiger partial charge is 0.380 e. The number of nitrogens with zero attached hydrogens (tertiary/aromatic N) is 2. The molecule has 1 aliphatic heterocycles. The van der Waals surface area contributed by atoms with Crippen molar-refractivity contribution in [1.29, 1.82) is 5.26 Å². The fraction of sp³-hybridized carbons (Fsp3) is 0.875. The Balaban J connectivity index is 2.36. The van der Waals surface area contributed by atoms with E-state index in [1.165, 1.54) is 0 Å². The first-order chi connectivity index (χ1) is 5.27. The van der Waals surface area contributed by atoms with Crippen LogP contribution in [0.1, 0.15) is 13.3 Å². The Kier molecular flexibility index (Phi) is 2.86. The number of hydrogen-bond donors (Lipinski definition) is 0. The van der Waals surface area contributed by atoms with Crippen LogP contribution in [0, 0.1) is 11.3 Å². The van der Waals surface area contributed by atoms with Crippen LogP contribution >= 0.6 is 0 Å². The molecular weight excluding hydrogens is 140 g/mol. The van der Waals surface area contributed by atoms with Gasteiger partial charge in [-0.15, -0.1) is 0 Å². The highest BCUT2D eigenvalue weighted by atomic mass is 16.5. The molecule has 0 spiro atoms. The van der Waals surface area contributed by atoms with Gasteiger partial charge in [0, 0.05) is 20.2 Å². The molecule has 0 radical (unpaired) electrons. The molecule has 2 atom stereocenters. The monoisotopic (exact) mass is 154 g/mol. The Morgan fingerprint density at radius 2 is 2.45 bits per heavy atom. The zero-order chi connectivity index (χ0) is 8.27. The highest BCUT2D eigenvalue weighted by Gasteiger charge is 2.25. The Labute approximate surface area is 67.6 Å². The number of rotatable bonds is 2. The normalized spacial score (nSPS) is 28.3. The summed E-state index contributed by atoms with van der Waals surface area (Å²) in [7, 11) is 1.73. The van der Waals surface area contributed by atoms with Gasteiger partial charge in [0.2, 0.25) is 0 Å². The van der Waals surface area contributed by atoms with E-state index in [0.717, 1.165) is 19.5 Å². The van der Waals surface area contributed by atoms with Crippen molar-refractivity contribution in [1.82, 2.24) is 4.90 Å². The first-order valence-corrected chi connectivity index (χ1v) is 3.94. The van der Waals surface area contributed by atoms with E-state index in [-0.39, 0.29) is 6.04 Å². The van der Waals surface area contributed by atoms with Gasteiger partial charge in [-0.2, -0.15) is 5.26 Å². The van der Waals surface area contributed by atoms with Crippen LogP contribution in [0.25, 0.3) is 0 Å². The average Bonchev–Trinajstić information content (AvgIpc) is 2.50. The molecule has 3 heteroatoms. The lowest BCUT2D eigenvalue weighted by Gasteiger charge is -2.17. The second kappa shape index (κ2) is 3.70. The van der Waals surface area contributed by atoms with E-state index in [0.29, 0.717) is 6.10 Å². The molecule has 0 aromatic rings. The van der Waals surface area contributed by atoms with Gasteiger partial charge in [-0.05, 0) is 13.3 Å². The Morgan fingerprint density at radius 1 is 1.73 bits per heavy atom. The molecule has 0 aromatic carbocycles. The zero-order valence-corrected chi connectivity index (χ0v) is 7.08. The summed E-state index contributed by atoms with van der Waals surface area (Å²) >= 11 is 0. The van der Waals surface area contributed by atoms with Gasteiger partial charge in [-0.3, -0.25) is 4.90 Å². The van der Waals surface area contributed by atoms with Crippen molar-refractivity contribution in [3.63, 3.8) is 0 Å². The van der Waals surface area contributed by atoms with Crippen LogP contribution in [-0.4, -0.2) is 37.2 Å². The van der Waals surface area contributed by atoms with Gasteiger partial charge in [0.1, 0.15) is 0 Å². The maximum atomic E-state index is 8.62. The number of ether oxygens (including phenoxy) is 1. The minimum Gasteiger partial charge on any atom is -0.380 e. The van der Waals surface area contributed by atoms with Crippen molar-refractivity contribution < 1.29 is 4.74 Å². The molecule has 1 aliphatic rings. The van der Waals surface area contributed by atoms with Gasteiger partial charge in [0.05, 0.1) is 18.2 Å². The van der Waals surface area contributed by atoms with Crippen LogP contribution in [0.4, 0.5) is 0 Å². The molecule has 11 heavy (non-hydrogen) atoms. The Morgan fingerprint density at radius 3 is 2.91 bits per heavy atom. The molecule has 0 amide bonds. The van der Waals surface area contributed by atoms with Gasteiger partial charge in [-0.1, -0.05) is 0 Å². The second-order valence-electron chi connectivity index (χ2n) is 2.95. The minimum absolute atomic E-state index is 0.0372. The van der Waals surface area contributed by atoms with Crippen LogP contribution in [-0.2, 0) is 4.74 Å². The molecule has 1 rings (SSSR count). The molecule has 62 valence electrons. The maximum Gasteiger partial charge on any atom is 0.0950 e. The minimum atomic E-state index is 0.0372. The topological polar surface area (TPSA) is 36.3 Å². The van der Waals surface area contributed by atoms with Gasteiger partial charge in [0.25, 0.3) is 0 Å². The van der Waals surface area contributed by atoms with E-state index in [9.17, 15) is 0 Å². The van der Waals surface area contributed by atoms with E-state index in [2.05, 4.69) is 11.0 Å². The Bertz CT molecular complexity index is 164. The van der Waals surface area contributed by atoms with Crippen molar-refractivity contribution in [2.45, 2.75) is 25.5 Å².